The Kier molecular flexibility index (Phi) is 16.8. The molecule has 0 amide bonds. The molecule has 3 saturated carbocycles. The van der Waals surface area contributed by atoms with Gasteiger partial charge in [0.25, 0.3) is 0 Å². The van der Waals surface area contributed by atoms with Crippen molar-refractivity contribution in [1.82, 2.24) is 0 Å². The second kappa shape index (κ2) is 22.4. The van der Waals surface area contributed by atoms with E-state index in [-0.39, 0.29) is 47.9 Å². The fraction of sp³-hybridized carbons (Fsp3) is 0.684. The molecule has 9 rings (SSSR count). The fourth-order valence-electron chi connectivity index (χ4n) is 14.2. The van der Waals surface area contributed by atoms with Crippen molar-refractivity contribution >= 4 is 23.9 Å². The van der Waals surface area contributed by atoms with Crippen LogP contribution < -0.4 is 4.74 Å². The van der Waals surface area contributed by atoms with Gasteiger partial charge in [-0.1, -0.05) is 71.9 Å². The van der Waals surface area contributed by atoms with Crippen molar-refractivity contribution in [2.24, 2.45) is 46.3 Å². The van der Waals surface area contributed by atoms with Gasteiger partial charge in [0, 0.05) is 37.0 Å². The smallest absolute Gasteiger partial charge is 0.497 e. The van der Waals surface area contributed by atoms with Gasteiger partial charge in [-0.3, -0.25) is 9.59 Å². The first kappa shape index (κ1) is 54.8. The molecular formula is C57H78O16. The van der Waals surface area contributed by atoms with Gasteiger partial charge in [-0.05, 0) is 117 Å². The Morgan fingerprint density at radius 2 is 1.66 bits per heavy atom. The standard InChI is InChI=1S/C57H78O16/c1-10-12-13-14-36(11-2)69-54(64)70-38-23-25-55(7)35(27-38)18-21-39-40(55)24-26-56(8)41(39)28-45-46(57(56,73-45)32(5)42(59)22-15-31(3)4)49-51(68-33(6)58)48(44(61)30-66-49)72-53-50(47(62)43(60)29-67-53)71-52(63)34-16-19-37(65-9)20-17-34/h11-14,16-20,31-32,38-41,43-51,53,60-62H,2,10,15,21-30H2,1,3-9H3. The summed E-state index contributed by atoms with van der Waals surface area (Å²) in [7, 11) is 1.49. The predicted octanol–water partition coefficient (Wildman–Crippen LogP) is 7.90. The average Bonchev–Trinajstić information content (AvgIpc) is 3.35. The second-order valence-electron chi connectivity index (χ2n) is 22.4. The van der Waals surface area contributed by atoms with E-state index < -0.39 is 96.1 Å². The molecule has 4 saturated heterocycles. The zero-order valence-corrected chi connectivity index (χ0v) is 43.8. The summed E-state index contributed by atoms with van der Waals surface area (Å²) in [4.78, 5) is 54.3. The number of hydrogen-bond donors (Lipinski definition) is 3. The Bertz CT molecular complexity index is 2270. The van der Waals surface area contributed by atoms with Crippen LogP contribution in [-0.4, -0.2) is 126 Å². The lowest BCUT2D eigenvalue weighted by molar-refractivity contribution is -0.416. The lowest BCUT2D eigenvalue weighted by atomic mass is 9.37. The van der Waals surface area contributed by atoms with Gasteiger partial charge < -0.3 is 58.0 Å². The van der Waals surface area contributed by atoms with Crippen molar-refractivity contribution in [2.45, 2.75) is 180 Å². The van der Waals surface area contributed by atoms with Crippen molar-refractivity contribution in [1.29, 1.82) is 0 Å². The number of Topliss-reactive ketones (excluding diaryl/α,β-unsaturated/α-hetero) is 1. The summed E-state index contributed by atoms with van der Waals surface area (Å²) in [5.41, 5.74) is -0.287. The van der Waals surface area contributed by atoms with Gasteiger partial charge in [0.15, 0.2) is 18.5 Å². The molecule has 0 radical (unpaired) electrons. The molecule has 73 heavy (non-hydrogen) atoms. The zero-order valence-electron chi connectivity index (χ0n) is 43.8. The number of carbonyl (C=O) groups excluding carboxylic acids is 4. The van der Waals surface area contributed by atoms with Crippen LogP contribution in [0.3, 0.4) is 0 Å². The number of hydrogen-bond acceptors (Lipinski definition) is 16. The normalized spacial score (nSPS) is 39.3. The van der Waals surface area contributed by atoms with Crippen LogP contribution in [0.15, 0.2) is 72.6 Å². The molecule has 16 nitrogen and oxygen atoms in total. The number of allylic oxidation sites excluding steroid dienone is 5. The van der Waals surface area contributed by atoms with Crippen molar-refractivity contribution < 1.29 is 77.1 Å². The summed E-state index contributed by atoms with van der Waals surface area (Å²) in [6.45, 7) is 17.2. The molecule has 4 aliphatic heterocycles. The maximum absolute atomic E-state index is 14.7. The molecule has 7 fully saturated rings. The van der Waals surface area contributed by atoms with E-state index in [1.807, 2.05) is 26.0 Å². The second-order valence-corrected chi connectivity index (χ2v) is 22.4. The lowest BCUT2D eigenvalue weighted by Gasteiger charge is -2.76. The number of fused-ring (bicyclic) bond motifs is 3. The minimum atomic E-state index is -1.64. The highest BCUT2D eigenvalue weighted by Gasteiger charge is 2.78. The summed E-state index contributed by atoms with van der Waals surface area (Å²) < 4.78 is 54.8. The third-order valence-electron chi connectivity index (χ3n) is 17.9. The Morgan fingerprint density at radius 1 is 0.918 bits per heavy atom. The highest BCUT2D eigenvalue weighted by atomic mass is 16.7. The van der Waals surface area contributed by atoms with Crippen LogP contribution in [0.5, 0.6) is 5.75 Å². The number of aliphatic hydroxyl groups excluding tert-OH is 3. The quantitative estimate of drug-likeness (QED) is 0.0445. The van der Waals surface area contributed by atoms with E-state index in [0.29, 0.717) is 55.4 Å². The Balaban J connectivity index is 1.07. The zero-order chi connectivity index (χ0) is 52.6. The average molecular weight is 1020 g/mol. The molecule has 0 spiro atoms. The van der Waals surface area contributed by atoms with E-state index in [9.17, 15) is 34.5 Å². The van der Waals surface area contributed by atoms with Gasteiger partial charge in [0.1, 0.15) is 53.9 Å². The summed E-state index contributed by atoms with van der Waals surface area (Å²) >= 11 is 0. The number of ketones is 1. The maximum atomic E-state index is 14.7. The number of esters is 2. The molecular weight excluding hydrogens is 941 g/mol. The maximum Gasteiger partial charge on any atom is 0.514 e. The minimum absolute atomic E-state index is 0.0845. The van der Waals surface area contributed by atoms with Crippen LogP contribution in [0.4, 0.5) is 4.79 Å². The van der Waals surface area contributed by atoms with Crippen LogP contribution in [0.2, 0.25) is 0 Å². The summed E-state index contributed by atoms with van der Waals surface area (Å²) in [5.74, 6) is -0.582. The van der Waals surface area contributed by atoms with Crippen molar-refractivity contribution in [3.05, 3.63) is 78.1 Å². The first-order chi connectivity index (χ1) is 34.8. The van der Waals surface area contributed by atoms with Crippen molar-refractivity contribution in [3.8, 4) is 5.75 Å². The monoisotopic (exact) mass is 1020 g/mol. The minimum Gasteiger partial charge on any atom is -0.497 e. The lowest BCUT2D eigenvalue weighted by Crippen LogP contribution is -2.83. The van der Waals surface area contributed by atoms with E-state index in [1.54, 1.807) is 18.2 Å². The molecule has 4 heterocycles. The van der Waals surface area contributed by atoms with Crippen LogP contribution >= 0.6 is 0 Å². The molecule has 1 aromatic carbocycles. The highest BCUT2D eigenvalue weighted by Crippen LogP contribution is 2.74. The third kappa shape index (κ3) is 10.5. The number of ether oxygens (including phenoxy) is 9. The van der Waals surface area contributed by atoms with Gasteiger partial charge in [-0.15, -0.1) is 0 Å². The topological polar surface area (TPSA) is 212 Å². The van der Waals surface area contributed by atoms with Crippen LogP contribution in [-0.2, 0) is 47.5 Å². The number of aliphatic hydroxyl groups is 3. The third-order valence-corrected chi connectivity index (χ3v) is 17.9. The van der Waals surface area contributed by atoms with Gasteiger partial charge in [0.05, 0.1) is 37.6 Å². The molecule has 1 aromatic rings. The molecule has 16 heteroatoms. The Labute approximate surface area is 429 Å². The van der Waals surface area contributed by atoms with Crippen LogP contribution in [0.25, 0.3) is 0 Å². The Hall–Kier alpha value is -4.42. The van der Waals surface area contributed by atoms with E-state index in [4.69, 9.17) is 42.6 Å². The number of benzene rings is 1. The van der Waals surface area contributed by atoms with Crippen molar-refractivity contribution in [3.63, 3.8) is 0 Å². The van der Waals surface area contributed by atoms with Gasteiger partial charge in [-0.25, -0.2) is 9.59 Å². The van der Waals surface area contributed by atoms with Crippen molar-refractivity contribution in [2.75, 3.05) is 20.3 Å². The van der Waals surface area contributed by atoms with Crippen LogP contribution in [0, 0.1) is 46.3 Å². The predicted molar refractivity (Wildman–Crippen MR) is 266 cm³/mol. The largest absolute Gasteiger partial charge is 0.514 e. The van der Waals surface area contributed by atoms with Gasteiger partial charge in [-0.2, -0.15) is 0 Å². The Morgan fingerprint density at radius 3 is 2.34 bits per heavy atom. The molecule has 18 unspecified atom stereocenters. The molecule has 4 aliphatic carbocycles. The van der Waals surface area contributed by atoms with Crippen LogP contribution in [0.1, 0.15) is 123 Å². The van der Waals surface area contributed by atoms with Gasteiger partial charge in [0.2, 0.25) is 0 Å². The molecule has 0 aromatic heterocycles. The SMILES string of the molecule is C=CC(=CC=CCC)OC(=O)OC1CCC2(C)C(=CCC3C2CCC2(C)C3CC3OC2(C(C)C(=O)CCC(C)C)C3C2OCC(O)C(OC3OCC(O)C(O)C3OC(=O)c3ccc(OC)cc3)C2OC(C)=O)C1. The molecule has 18 atom stereocenters. The summed E-state index contributed by atoms with van der Waals surface area (Å²) in [5, 5.41) is 33.7. The fourth-order valence-corrected chi connectivity index (χ4v) is 14.2. The first-order valence-corrected chi connectivity index (χ1v) is 26.5. The molecule has 3 N–H and O–H groups in total. The highest BCUT2D eigenvalue weighted by molar-refractivity contribution is 5.89. The number of carbonyl (C=O) groups is 4. The number of methoxy groups -OCH3 is 1. The van der Waals surface area contributed by atoms with E-state index in [2.05, 4.69) is 40.3 Å². The molecule has 402 valence electrons. The molecule has 8 aliphatic rings. The van der Waals surface area contributed by atoms with E-state index in [0.717, 1.165) is 32.1 Å². The molecule has 2 bridgehead atoms. The van der Waals surface area contributed by atoms with E-state index >= 15 is 0 Å². The first-order valence-electron chi connectivity index (χ1n) is 26.5. The van der Waals surface area contributed by atoms with Gasteiger partial charge >= 0.3 is 18.1 Å². The number of rotatable bonds is 17. The van der Waals surface area contributed by atoms with E-state index in [1.165, 1.54) is 37.8 Å². The summed E-state index contributed by atoms with van der Waals surface area (Å²) in [6.07, 6.45) is 4.03. The summed E-state index contributed by atoms with van der Waals surface area (Å²) in [6, 6.07) is 6.14.